The molecule has 1 aliphatic heterocycles. The largest absolute Gasteiger partial charge is 0.496 e. The van der Waals surface area contributed by atoms with Gasteiger partial charge in [-0.3, -0.25) is 10.1 Å². The zero-order valence-corrected chi connectivity index (χ0v) is 18.6. The van der Waals surface area contributed by atoms with Crippen molar-refractivity contribution in [1.82, 2.24) is 5.32 Å². The Bertz CT molecular complexity index is 1020. The van der Waals surface area contributed by atoms with Gasteiger partial charge in [-0.25, -0.2) is 8.42 Å². The maximum atomic E-state index is 13.5. The normalized spacial score (nSPS) is 22.7. The van der Waals surface area contributed by atoms with Gasteiger partial charge < -0.3 is 10.5 Å². The molecule has 0 aromatic heterocycles. The fourth-order valence-electron chi connectivity index (χ4n) is 4.25. The van der Waals surface area contributed by atoms with Crippen LogP contribution in [0.1, 0.15) is 67.1 Å². The SMILES string of the molecule is CCCC[C@]1(CC)CS(=O)(=O)c2cc(C(N)=O)c(OC)cc2[C@@H](c2ccccc2)N1. The minimum absolute atomic E-state index is 0.0304. The summed E-state index contributed by atoms with van der Waals surface area (Å²) in [5.74, 6) is -0.472. The topological polar surface area (TPSA) is 98.5 Å². The summed E-state index contributed by atoms with van der Waals surface area (Å²) in [6.07, 6.45) is 3.32. The molecule has 1 amide bonds. The van der Waals surface area contributed by atoms with Gasteiger partial charge in [-0.2, -0.15) is 0 Å². The molecule has 3 N–H and O–H groups in total. The first-order chi connectivity index (χ1) is 14.3. The number of methoxy groups -OCH3 is 1. The second-order valence-corrected chi connectivity index (χ2v) is 9.90. The lowest BCUT2D eigenvalue weighted by Crippen LogP contribution is -2.50. The molecule has 0 spiro atoms. The van der Waals surface area contributed by atoms with Crippen molar-refractivity contribution >= 4 is 15.7 Å². The highest BCUT2D eigenvalue weighted by atomic mass is 32.2. The first-order valence-electron chi connectivity index (χ1n) is 10.3. The van der Waals surface area contributed by atoms with Crippen LogP contribution in [0.5, 0.6) is 5.75 Å². The van der Waals surface area contributed by atoms with Crippen molar-refractivity contribution in [3.63, 3.8) is 0 Å². The van der Waals surface area contributed by atoms with Crippen molar-refractivity contribution in [2.75, 3.05) is 12.9 Å². The van der Waals surface area contributed by atoms with E-state index in [9.17, 15) is 13.2 Å². The fourth-order valence-corrected chi connectivity index (χ4v) is 6.40. The van der Waals surface area contributed by atoms with Crippen LogP contribution in [-0.4, -0.2) is 32.7 Å². The Kier molecular flexibility index (Phi) is 6.53. The summed E-state index contributed by atoms with van der Waals surface area (Å²) in [6.45, 7) is 4.12. The molecule has 0 fully saturated rings. The van der Waals surface area contributed by atoms with Gasteiger partial charge >= 0.3 is 0 Å². The molecular formula is C23H30N2O4S. The third-order valence-electron chi connectivity index (χ3n) is 5.98. The number of nitrogens with one attached hydrogen (secondary N) is 1. The summed E-state index contributed by atoms with van der Waals surface area (Å²) >= 11 is 0. The molecule has 7 heteroatoms. The molecule has 0 unspecified atom stereocenters. The van der Waals surface area contributed by atoms with Crippen LogP contribution in [-0.2, 0) is 9.84 Å². The van der Waals surface area contributed by atoms with Crippen LogP contribution in [0.25, 0.3) is 0 Å². The number of ether oxygens (including phenoxy) is 1. The highest BCUT2D eigenvalue weighted by Crippen LogP contribution is 2.40. The van der Waals surface area contributed by atoms with E-state index in [-0.39, 0.29) is 28.0 Å². The third-order valence-corrected chi connectivity index (χ3v) is 7.94. The summed E-state index contributed by atoms with van der Waals surface area (Å²) in [7, 11) is -2.23. The van der Waals surface area contributed by atoms with Gasteiger partial charge in [-0.15, -0.1) is 0 Å². The van der Waals surface area contributed by atoms with E-state index in [1.54, 1.807) is 6.07 Å². The van der Waals surface area contributed by atoms with Crippen LogP contribution in [0.15, 0.2) is 47.4 Å². The van der Waals surface area contributed by atoms with Crippen LogP contribution in [0.4, 0.5) is 0 Å². The number of sulfone groups is 1. The number of amides is 1. The summed E-state index contributed by atoms with van der Waals surface area (Å²) in [4.78, 5) is 12.1. The second-order valence-electron chi connectivity index (χ2n) is 7.94. The predicted octanol–water partition coefficient (Wildman–Crippen LogP) is 3.60. The van der Waals surface area contributed by atoms with Gasteiger partial charge in [0.15, 0.2) is 9.84 Å². The van der Waals surface area contributed by atoms with E-state index in [2.05, 4.69) is 12.2 Å². The van der Waals surface area contributed by atoms with E-state index in [1.807, 2.05) is 37.3 Å². The number of carbonyl (C=O) groups excluding carboxylic acids is 1. The molecule has 2 aromatic rings. The van der Waals surface area contributed by atoms with Crippen LogP contribution >= 0.6 is 0 Å². The predicted molar refractivity (Wildman–Crippen MR) is 118 cm³/mol. The minimum Gasteiger partial charge on any atom is -0.496 e. The summed E-state index contributed by atoms with van der Waals surface area (Å²) in [5.41, 5.74) is 6.55. The van der Waals surface area contributed by atoms with Crippen molar-refractivity contribution in [3.8, 4) is 5.75 Å². The molecule has 0 bridgehead atoms. The Balaban J connectivity index is 2.30. The molecule has 0 aliphatic carbocycles. The molecule has 1 heterocycles. The average Bonchev–Trinajstić information content (AvgIpc) is 2.84. The average molecular weight is 431 g/mol. The Hall–Kier alpha value is -2.38. The number of nitrogens with two attached hydrogens (primary N) is 1. The van der Waals surface area contributed by atoms with E-state index in [0.717, 1.165) is 24.8 Å². The number of fused-ring (bicyclic) bond motifs is 1. The minimum atomic E-state index is -3.68. The van der Waals surface area contributed by atoms with E-state index >= 15 is 0 Å². The molecule has 162 valence electrons. The molecule has 30 heavy (non-hydrogen) atoms. The van der Waals surface area contributed by atoms with Gasteiger partial charge in [0.2, 0.25) is 0 Å². The van der Waals surface area contributed by atoms with Gasteiger partial charge in [-0.05, 0) is 36.1 Å². The third kappa shape index (κ3) is 4.23. The smallest absolute Gasteiger partial charge is 0.252 e. The quantitative estimate of drug-likeness (QED) is 0.699. The Morgan fingerprint density at radius 1 is 1.23 bits per heavy atom. The monoisotopic (exact) mass is 430 g/mol. The lowest BCUT2D eigenvalue weighted by molar-refractivity contribution is 0.0997. The Morgan fingerprint density at radius 2 is 1.93 bits per heavy atom. The maximum Gasteiger partial charge on any atom is 0.252 e. The van der Waals surface area contributed by atoms with E-state index in [4.69, 9.17) is 10.5 Å². The van der Waals surface area contributed by atoms with Gasteiger partial charge in [0.25, 0.3) is 5.91 Å². The van der Waals surface area contributed by atoms with Gasteiger partial charge in [0.1, 0.15) is 5.75 Å². The number of primary amides is 1. The van der Waals surface area contributed by atoms with Gasteiger partial charge in [0, 0.05) is 5.54 Å². The van der Waals surface area contributed by atoms with Crippen molar-refractivity contribution in [3.05, 3.63) is 59.2 Å². The molecule has 0 saturated carbocycles. The maximum absolute atomic E-state index is 13.5. The Morgan fingerprint density at radius 3 is 2.50 bits per heavy atom. The van der Waals surface area contributed by atoms with Gasteiger partial charge in [-0.1, -0.05) is 57.0 Å². The number of carbonyl (C=O) groups is 1. The van der Waals surface area contributed by atoms with Crippen LogP contribution in [0.2, 0.25) is 0 Å². The summed E-state index contributed by atoms with van der Waals surface area (Å²) in [5, 5.41) is 3.69. The Labute approximate surface area is 178 Å². The van der Waals surface area contributed by atoms with E-state index < -0.39 is 21.3 Å². The van der Waals surface area contributed by atoms with Gasteiger partial charge in [0.05, 0.1) is 29.4 Å². The highest BCUT2D eigenvalue weighted by molar-refractivity contribution is 7.91. The van der Waals surface area contributed by atoms with Crippen molar-refractivity contribution in [2.45, 2.75) is 56.0 Å². The molecule has 0 saturated heterocycles. The summed E-state index contributed by atoms with van der Waals surface area (Å²) in [6, 6.07) is 12.4. The molecule has 2 aromatic carbocycles. The van der Waals surface area contributed by atoms with E-state index in [1.165, 1.54) is 13.2 Å². The molecule has 6 nitrogen and oxygen atoms in total. The zero-order chi connectivity index (χ0) is 21.9. The van der Waals surface area contributed by atoms with E-state index in [0.29, 0.717) is 12.0 Å². The lowest BCUT2D eigenvalue weighted by atomic mass is 9.88. The van der Waals surface area contributed by atoms with Crippen LogP contribution in [0.3, 0.4) is 0 Å². The summed E-state index contributed by atoms with van der Waals surface area (Å²) < 4.78 is 32.5. The number of unbranched alkanes of at least 4 members (excludes halogenated alkanes) is 1. The number of hydrogen-bond acceptors (Lipinski definition) is 5. The number of benzene rings is 2. The van der Waals surface area contributed by atoms with Crippen molar-refractivity contribution in [2.24, 2.45) is 5.73 Å². The molecular weight excluding hydrogens is 400 g/mol. The molecule has 1 aliphatic rings. The molecule has 2 atom stereocenters. The second kappa shape index (κ2) is 8.78. The van der Waals surface area contributed by atoms with Crippen molar-refractivity contribution in [1.29, 1.82) is 0 Å². The van der Waals surface area contributed by atoms with Crippen molar-refractivity contribution < 1.29 is 17.9 Å². The fraction of sp³-hybridized carbons (Fsp3) is 0.435. The lowest BCUT2D eigenvalue weighted by Gasteiger charge is -2.36. The van der Waals surface area contributed by atoms with Crippen LogP contribution in [0, 0.1) is 0 Å². The molecule has 3 rings (SSSR count). The number of rotatable bonds is 7. The zero-order valence-electron chi connectivity index (χ0n) is 17.8. The first kappa shape index (κ1) is 22.3. The standard InChI is InChI=1S/C23H30N2O4S/c1-4-6-12-23(5-2)15-30(27,28)20-14-17(22(24)26)19(29-3)13-18(20)21(25-23)16-10-8-7-9-11-16/h7-11,13-14,21,25H,4-6,12,15H2,1-3H3,(H2,24,26)/t21-,23-/m1/s1. The van der Waals surface area contributed by atoms with Crippen LogP contribution < -0.4 is 15.8 Å². The molecule has 0 radical (unpaired) electrons. The number of hydrogen-bond donors (Lipinski definition) is 2. The first-order valence-corrected chi connectivity index (χ1v) is 12.0. The highest BCUT2D eigenvalue weighted by Gasteiger charge is 2.42.